The number of hydrogen-bond acceptors (Lipinski definition) is 0. The number of fused-ring (bicyclic) bond motifs is 4. The highest BCUT2D eigenvalue weighted by molar-refractivity contribution is 6.21. The molecule has 8 aromatic rings. The van der Waals surface area contributed by atoms with Crippen molar-refractivity contribution in [2.24, 2.45) is 0 Å². The molecule has 0 aliphatic rings. The summed E-state index contributed by atoms with van der Waals surface area (Å²) >= 11 is 0. The Labute approximate surface area is 233 Å². The summed E-state index contributed by atoms with van der Waals surface area (Å²) in [7, 11) is 0. The summed E-state index contributed by atoms with van der Waals surface area (Å²) in [6.07, 6.45) is 0. The first kappa shape index (κ1) is 22.8. The molecule has 0 saturated heterocycles. The lowest BCUT2D eigenvalue weighted by atomic mass is 9.85. The van der Waals surface area contributed by atoms with E-state index < -0.39 is 0 Å². The van der Waals surface area contributed by atoms with Gasteiger partial charge in [-0.1, -0.05) is 152 Å². The van der Waals surface area contributed by atoms with E-state index in [0.717, 1.165) is 0 Å². The minimum absolute atomic E-state index is 1.24. The zero-order chi connectivity index (χ0) is 26.5. The molecule has 0 unspecified atom stereocenters. The molecule has 0 bridgehead atoms. The molecule has 0 N–H and O–H groups in total. The van der Waals surface area contributed by atoms with Crippen molar-refractivity contribution in [2.45, 2.75) is 0 Å². The SMILES string of the molecule is c1ccc(-c2c3ccccc3c(-c3ccc(-c4c5ccccc5cc5ccccc45)cc3)c3ccccc23)cc1. The second-order valence-electron chi connectivity index (χ2n) is 10.5. The van der Waals surface area contributed by atoms with Gasteiger partial charge in [-0.25, -0.2) is 0 Å². The average Bonchev–Trinajstić information content (AvgIpc) is 3.03. The summed E-state index contributed by atoms with van der Waals surface area (Å²) < 4.78 is 0. The highest BCUT2D eigenvalue weighted by Crippen LogP contribution is 2.44. The Morgan fingerprint density at radius 2 is 0.525 bits per heavy atom. The molecule has 0 aliphatic heterocycles. The molecule has 40 heavy (non-hydrogen) atoms. The van der Waals surface area contributed by atoms with Crippen LogP contribution < -0.4 is 0 Å². The lowest BCUT2D eigenvalue weighted by Crippen LogP contribution is -1.91. The molecule has 0 atom stereocenters. The van der Waals surface area contributed by atoms with Gasteiger partial charge in [0.1, 0.15) is 0 Å². The molecular formula is C40H26. The van der Waals surface area contributed by atoms with Gasteiger partial charge in [0.25, 0.3) is 0 Å². The van der Waals surface area contributed by atoms with Crippen LogP contribution in [0.3, 0.4) is 0 Å². The van der Waals surface area contributed by atoms with Crippen LogP contribution in [0.4, 0.5) is 0 Å². The Hall–Kier alpha value is -5.20. The van der Waals surface area contributed by atoms with Crippen LogP contribution in [0.25, 0.3) is 76.5 Å². The van der Waals surface area contributed by atoms with E-state index in [2.05, 4.69) is 158 Å². The van der Waals surface area contributed by atoms with Crippen LogP contribution in [0.2, 0.25) is 0 Å². The smallest absolute Gasteiger partial charge is 0.00264 e. The summed E-state index contributed by atoms with van der Waals surface area (Å²) in [6.45, 7) is 0. The average molecular weight is 507 g/mol. The molecule has 0 amide bonds. The van der Waals surface area contributed by atoms with Crippen molar-refractivity contribution in [3.05, 3.63) is 158 Å². The number of benzene rings is 8. The molecule has 0 spiro atoms. The van der Waals surface area contributed by atoms with Gasteiger partial charge >= 0.3 is 0 Å². The molecule has 0 aliphatic carbocycles. The van der Waals surface area contributed by atoms with E-state index in [1.54, 1.807) is 0 Å². The topological polar surface area (TPSA) is 0 Å². The van der Waals surface area contributed by atoms with Crippen LogP contribution in [-0.4, -0.2) is 0 Å². The molecule has 0 saturated carbocycles. The van der Waals surface area contributed by atoms with Crippen LogP contribution in [-0.2, 0) is 0 Å². The lowest BCUT2D eigenvalue weighted by molar-refractivity contribution is 1.64. The highest BCUT2D eigenvalue weighted by atomic mass is 14.2. The van der Waals surface area contributed by atoms with Gasteiger partial charge in [-0.15, -0.1) is 0 Å². The van der Waals surface area contributed by atoms with Gasteiger partial charge in [-0.05, 0) is 82.5 Å². The van der Waals surface area contributed by atoms with Gasteiger partial charge in [0.05, 0.1) is 0 Å². The summed E-state index contributed by atoms with van der Waals surface area (Å²) in [5.41, 5.74) is 7.62. The molecular weight excluding hydrogens is 480 g/mol. The van der Waals surface area contributed by atoms with Gasteiger partial charge in [0, 0.05) is 0 Å². The zero-order valence-corrected chi connectivity index (χ0v) is 22.0. The second-order valence-corrected chi connectivity index (χ2v) is 10.5. The van der Waals surface area contributed by atoms with Crippen molar-refractivity contribution in [3.8, 4) is 33.4 Å². The predicted octanol–water partition coefficient (Wildman–Crippen LogP) is 11.3. The first-order valence-electron chi connectivity index (χ1n) is 13.9. The number of hydrogen-bond donors (Lipinski definition) is 0. The summed E-state index contributed by atoms with van der Waals surface area (Å²) in [6, 6.07) is 57.5. The van der Waals surface area contributed by atoms with E-state index in [4.69, 9.17) is 0 Å². The van der Waals surface area contributed by atoms with Gasteiger partial charge in [-0.3, -0.25) is 0 Å². The van der Waals surface area contributed by atoms with Crippen LogP contribution >= 0.6 is 0 Å². The predicted molar refractivity (Wildman–Crippen MR) is 173 cm³/mol. The van der Waals surface area contributed by atoms with Crippen molar-refractivity contribution in [2.75, 3.05) is 0 Å². The van der Waals surface area contributed by atoms with Crippen molar-refractivity contribution < 1.29 is 0 Å². The molecule has 8 rings (SSSR count). The maximum absolute atomic E-state index is 2.31. The van der Waals surface area contributed by atoms with Crippen LogP contribution in [0.5, 0.6) is 0 Å². The first-order chi connectivity index (χ1) is 19.9. The third kappa shape index (κ3) is 3.54. The van der Waals surface area contributed by atoms with E-state index in [1.165, 1.54) is 76.5 Å². The van der Waals surface area contributed by atoms with Crippen molar-refractivity contribution in [1.29, 1.82) is 0 Å². The molecule has 8 aromatic carbocycles. The van der Waals surface area contributed by atoms with Crippen LogP contribution in [0, 0.1) is 0 Å². The van der Waals surface area contributed by atoms with Gasteiger partial charge in [0.15, 0.2) is 0 Å². The Bertz CT molecular complexity index is 2070. The maximum Gasteiger partial charge on any atom is -0.00264 e. The fourth-order valence-corrected chi connectivity index (χ4v) is 6.48. The van der Waals surface area contributed by atoms with E-state index in [9.17, 15) is 0 Å². The van der Waals surface area contributed by atoms with Crippen molar-refractivity contribution in [3.63, 3.8) is 0 Å². The monoisotopic (exact) mass is 506 g/mol. The molecule has 0 radical (unpaired) electrons. The Morgan fingerprint density at radius 1 is 0.225 bits per heavy atom. The summed E-state index contributed by atoms with van der Waals surface area (Å²) in [5.74, 6) is 0. The van der Waals surface area contributed by atoms with Crippen LogP contribution in [0.15, 0.2) is 158 Å². The summed E-state index contributed by atoms with van der Waals surface area (Å²) in [4.78, 5) is 0. The normalized spacial score (nSPS) is 11.5. The van der Waals surface area contributed by atoms with Crippen molar-refractivity contribution >= 4 is 43.1 Å². The number of rotatable bonds is 3. The van der Waals surface area contributed by atoms with Gasteiger partial charge < -0.3 is 0 Å². The van der Waals surface area contributed by atoms with E-state index in [0.29, 0.717) is 0 Å². The van der Waals surface area contributed by atoms with E-state index >= 15 is 0 Å². The minimum atomic E-state index is 1.24. The Morgan fingerprint density at radius 3 is 0.950 bits per heavy atom. The third-order valence-electron chi connectivity index (χ3n) is 8.23. The van der Waals surface area contributed by atoms with Gasteiger partial charge in [0.2, 0.25) is 0 Å². The standard InChI is InChI=1S/C40H26/c1-2-12-27(13-3-1)39-34-18-8-10-20-36(34)40(37-21-11-9-19-35(37)39)29-24-22-28(23-25-29)38-32-16-6-4-14-30(32)26-31-15-5-7-17-33(31)38/h1-26H. The van der Waals surface area contributed by atoms with Crippen molar-refractivity contribution in [1.82, 2.24) is 0 Å². The molecule has 0 fully saturated rings. The fraction of sp³-hybridized carbons (Fsp3) is 0. The fourth-order valence-electron chi connectivity index (χ4n) is 6.48. The lowest BCUT2D eigenvalue weighted by Gasteiger charge is -2.18. The molecule has 0 heterocycles. The second kappa shape index (κ2) is 9.22. The Balaban J connectivity index is 1.39. The van der Waals surface area contributed by atoms with E-state index in [-0.39, 0.29) is 0 Å². The third-order valence-corrected chi connectivity index (χ3v) is 8.23. The maximum atomic E-state index is 2.31. The highest BCUT2D eigenvalue weighted by Gasteiger charge is 2.17. The largest absolute Gasteiger partial charge is 0.0622 e. The van der Waals surface area contributed by atoms with E-state index in [1.807, 2.05) is 0 Å². The molecule has 0 heteroatoms. The van der Waals surface area contributed by atoms with Crippen LogP contribution in [0.1, 0.15) is 0 Å². The minimum Gasteiger partial charge on any atom is -0.0622 e. The zero-order valence-electron chi connectivity index (χ0n) is 22.0. The molecule has 0 nitrogen and oxygen atoms in total. The van der Waals surface area contributed by atoms with Gasteiger partial charge in [-0.2, -0.15) is 0 Å². The summed E-state index contributed by atoms with van der Waals surface area (Å²) in [5, 5.41) is 10.3. The quantitative estimate of drug-likeness (QED) is 0.209. The molecule has 0 aromatic heterocycles. The Kier molecular flexibility index (Phi) is 5.24. The first-order valence-corrected chi connectivity index (χ1v) is 13.9. The molecule has 186 valence electrons.